The number of fused-ring (bicyclic) bond motifs is 2. The zero-order valence-electron chi connectivity index (χ0n) is 16.2. The molecule has 5 aromatic rings. The quantitative estimate of drug-likeness (QED) is 0.400. The molecule has 0 saturated heterocycles. The van der Waals surface area contributed by atoms with Crippen molar-refractivity contribution in [3.63, 3.8) is 0 Å². The highest BCUT2D eigenvalue weighted by Crippen LogP contribution is 2.32. The van der Waals surface area contributed by atoms with Crippen LogP contribution in [0.1, 0.15) is 5.56 Å². The summed E-state index contributed by atoms with van der Waals surface area (Å²) >= 11 is 0. The van der Waals surface area contributed by atoms with Crippen molar-refractivity contribution in [3.05, 3.63) is 60.6 Å². The Balaban J connectivity index is 1.62. The van der Waals surface area contributed by atoms with Crippen LogP contribution in [0.3, 0.4) is 0 Å². The number of aromatic nitrogens is 5. The van der Waals surface area contributed by atoms with Gasteiger partial charge in [0.25, 0.3) is 0 Å². The Morgan fingerprint density at radius 3 is 2.71 bits per heavy atom. The van der Waals surface area contributed by atoms with Gasteiger partial charge in [0.1, 0.15) is 0 Å². The fourth-order valence-corrected chi connectivity index (χ4v) is 4.06. The third-order valence-corrected chi connectivity index (χ3v) is 5.44. The molecule has 4 aromatic heterocycles. The summed E-state index contributed by atoms with van der Waals surface area (Å²) in [7, 11) is -3.41. The maximum Gasteiger partial charge on any atom is 0.229 e. The first kappa shape index (κ1) is 18.8. The standard InChI is InChI=1S/C21H15N7O2S/c1-31(29,30)28-15-5-13(9-23-11-15)14-6-17-20(26-27-21(17)24-10-14)19-7-16-12(8-22)3-2-4-18(16)25-19/h2-7,9-11,25,28H,1H3,(H,24,26,27). The highest BCUT2D eigenvalue weighted by Gasteiger charge is 2.14. The van der Waals surface area contributed by atoms with E-state index >= 15 is 0 Å². The molecule has 31 heavy (non-hydrogen) atoms. The second kappa shape index (κ2) is 6.93. The Morgan fingerprint density at radius 2 is 1.90 bits per heavy atom. The predicted octanol–water partition coefficient (Wildman–Crippen LogP) is 3.41. The number of sulfonamides is 1. The second-order valence-corrected chi connectivity index (χ2v) is 8.84. The van der Waals surface area contributed by atoms with Crippen LogP contribution < -0.4 is 4.72 Å². The normalized spacial score (nSPS) is 11.6. The van der Waals surface area contributed by atoms with Gasteiger partial charge in [-0.3, -0.25) is 14.8 Å². The molecule has 9 nitrogen and oxygen atoms in total. The molecule has 1 aromatic carbocycles. The van der Waals surface area contributed by atoms with Gasteiger partial charge < -0.3 is 4.98 Å². The molecule has 0 aliphatic heterocycles. The van der Waals surface area contributed by atoms with Crippen molar-refractivity contribution >= 4 is 37.6 Å². The van der Waals surface area contributed by atoms with E-state index in [0.717, 1.165) is 39.5 Å². The zero-order chi connectivity index (χ0) is 21.6. The third kappa shape index (κ3) is 3.47. The predicted molar refractivity (Wildman–Crippen MR) is 118 cm³/mol. The van der Waals surface area contributed by atoms with Crippen LogP contribution in [0, 0.1) is 11.3 Å². The molecule has 0 aliphatic rings. The Morgan fingerprint density at radius 1 is 1.06 bits per heavy atom. The topological polar surface area (TPSA) is 140 Å². The number of aromatic amines is 2. The molecule has 0 amide bonds. The molecule has 152 valence electrons. The third-order valence-electron chi connectivity index (χ3n) is 4.84. The summed E-state index contributed by atoms with van der Waals surface area (Å²) in [5, 5.41) is 18.3. The minimum atomic E-state index is -3.41. The van der Waals surface area contributed by atoms with Crippen LogP contribution in [-0.2, 0) is 10.0 Å². The molecule has 0 saturated carbocycles. The molecule has 0 atom stereocenters. The number of anilines is 1. The Kier molecular flexibility index (Phi) is 4.20. The molecule has 4 heterocycles. The van der Waals surface area contributed by atoms with Gasteiger partial charge in [-0.25, -0.2) is 13.4 Å². The first-order valence-electron chi connectivity index (χ1n) is 9.21. The van der Waals surface area contributed by atoms with E-state index in [9.17, 15) is 13.7 Å². The maximum atomic E-state index is 11.5. The second-order valence-electron chi connectivity index (χ2n) is 7.09. The van der Waals surface area contributed by atoms with Gasteiger partial charge in [-0.15, -0.1) is 0 Å². The number of nitrogens with zero attached hydrogens (tertiary/aromatic N) is 4. The summed E-state index contributed by atoms with van der Waals surface area (Å²) < 4.78 is 25.5. The monoisotopic (exact) mass is 429 g/mol. The molecule has 0 fully saturated rings. The molecule has 0 spiro atoms. The van der Waals surface area contributed by atoms with Gasteiger partial charge in [0.2, 0.25) is 10.0 Å². The van der Waals surface area contributed by atoms with E-state index in [0.29, 0.717) is 22.5 Å². The van der Waals surface area contributed by atoms with Crippen molar-refractivity contribution in [2.24, 2.45) is 0 Å². The SMILES string of the molecule is CS(=O)(=O)Nc1cncc(-c2cnc3n[nH]c(-c4cc5c(C#N)cccc5[nH]4)c3c2)c1. The number of hydrogen-bond acceptors (Lipinski definition) is 6. The highest BCUT2D eigenvalue weighted by molar-refractivity contribution is 7.92. The number of nitriles is 1. The van der Waals surface area contributed by atoms with Crippen LogP contribution in [0.4, 0.5) is 5.69 Å². The van der Waals surface area contributed by atoms with Gasteiger partial charge in [-0.2, -0.15) is 10.4 Å². The minimum Gasteiger partial charge on any atom is -0.353 e. The number of nitrogens with one attached hydrogen (secondary N) is 3. The molecule has 3 N–H and O–H groups in total. The molecular formula is C21H15N7O2S. The van der Waals surface area contributed by atoms with E-state index in [4.69, 9.17) is 0 Å². The van der Waals surface area contributed by atoms with Gasteiger partial charge in [0.05, 0.1) is 41.2 Å². The minimum absolute atomic E-state index is 0.368. The summed E-state index contributed by atoms with van der Waals surface area (Å²) in [6.07, 6.45) is 5.82. The van der Waals surface area contributed by atoms with Gasteiger partial charge >= 0.3 is 0 Å². The van der Waals surface area contributed by atoms with Crippen molar-refractivity contribution in [1.82, 2.24) is 25.1 Å². The number of benzene rings is 1. The highest BCUT2D eigenvalue weighted by atomic mass is 32.2. The Bertz CT molecular complexity index is 1610. The van der Waals surface area contributed by atoms with Crippen LogP contribution in [0.15, 0.2) is 55.0 Å². The van der Waals surface area contributed by atoms with Crippen molar-refractivity contribution in [3.8, 4) is 28.6 Å². The first-order chi connectivity index (χ1) is 14.9. The van der Waals surface area contributed by atoms with E-state index < -0.39 is 10.0 Å². The summed E-state index contributed by atoms with van der Waals surface area (Å²) in [4.78, 5) is 11.9. The molecule has 0 unspecified atom stereocenters. The largest absolute Gasteiger partial charge is 0.353 e. The lowest BCUT2D eigenvalue weighted by atomic mass is 10.1. The lowest BCUT2D eigenvalue weighted by Crippen LogP contribution is -2.09. The molecule has 0 aliphatic carbocycles. The number of pyridine rings is 2. The van der Waals surface area contributed by atoms with Gasteiger partial charge in [0.15, 0.2) is 5.65 Å². The number of rotatable bonds is 4. The Hall–Kier alpha value is -4.23. The van der Waals surface area contributed by atoms with Gasteiger partial charge in [-0.05, 0) is 30.3 Å². The lowest BCUT2D eigenvalue weighted by molar-refractivity contribution is 0.607. The first-order valence-corrected chi connectivity index (χ1v) is 11.1. The van der Waals surface area contributed by atoms with E-state index in [1.54, 1.807) is 24.5 Å². The van der Waals surface area contributed by atoms with E-state index in [-0.39, 0.29) is 0 Å². The van der Waals surface area contributed by atoms with Crippen molar-refractivity contribution in [2.45, 2.75) is 0 Å². The summed E-state index contributed by atoms with van der Waals surface area (Å²) in [5.74, 6) is 0. The molecule has 5 rings (SSSR count). The Labute approximate surface area is 176 Å². The van der Waals surface area contributed by atoms with Gasteiger partial charge in [0, 0.05) is 39.8 Å². The number of hydrogen-bond donors (Lipinski definition) is 3. The van der Waals surface area contributed by atoms with E-state index in [1.807, 2.05) is 24.3 Å². The van der Waals surface area contributed by atoms with E-state index in [1.165, 1.54) is 6.20 Å². The molecular weight excluding hydrogens is 414 g/mol. The van der Waals surface area contributed by atoms with Crippen LogP contribution in [0.5, 0.6) is 0 Å². The number of H-pyrrole nitrogens is 2. The van der Waals surface area contributed by atoms with Crippen LogP contribution >= 0.6 is 0 Å². The van der Waals surface area contributed by atoms with Crippen molar-refractivity contribution in [1.29, 1.82) is 5.26 Å². The average molecular weight is 429 g/mol. The smallest absolute Gasteiger partial charge is 0.229 e. The summed E-state index contributed by atoms with van der Waals surface area (Å²) in [6.45, 7) is 0. The van der Waals surface area contributed by atoms with Crippen LogP contribution in [-0.4, -0.2) is 39.8 Å². The molecule has 0 bridgehead atoms. The van der Waals surface area contributed by atoms with Crippen molar-refractivity contribution in [2.75, 3.05) is 11.0 Å². The average Bonchev–Trinajstić information content (AvgIpc) is 3.35. The zero-order valence-corrected chi connectivity index (χ0v) is 17.0. The fraction of sp³-hybridized carbons (Fsp3) is 0.0476. The maximum absolute atomic E-state index is 11.5. The van der Waals surface area contributed by atoms with Crippen LogP contribution in [0.25, 0.3) is 44.5 Å². The molecule has 0 radical (unpaired) electrons. The summed E-state index contributed by atoms with van der Waals surface area (Å²) in [5.41, 5.74) is 5.33. The van der Waals surface area contributed by atoms with Crippen molar-refractivity contribution < 1.29 is 8.42 Å². The van der Waals surface area contributed by atoms with E-state index in [2.05, 4.69) is 35.9 Å². The fourth-order valence-electron chi connectivity index (χ4n) is 3.52. The van der Waals surface area contributed by atoms with Gasteiger partial charge in [-0.1, -0.05) is 6.07 Å². The summed E-state index contributed by atoms with van der Waals surface area (Å²) in [6, 6.07) is 13.2. The lowest BCUT2D eigenvalue weighted by Gasteiger charge is -2.06. The van der Waals surface area contributed by atoms with Crippen LogP contribution in [0.2, 0.25) is 0 Å². The molecule has 10 heteroatoms.